The maximum Gasteiger partial charge on any atom is 0.218 e. The molecule has 0 radical (unpaired) electrons. The third-order valence-corrected chi connectivity index (χ3v) is 5.55. The third-order valence-electron chi connectivity index (χ3n) is 3.70. The minimum Gasteiger partial charge on any atom is -0.381 e. The Labute approximate surface area is 120 Å². The fraction of sp³-hybridized carbons (Fsp3) is 0.571. The fourth-order valence-corrected chi connectivity index (χ4v) is 4.04. The van der Waals surface area contributed by atoms with Gasteiger partial charge in [-0.1, -0.05) is 24.3 Å². The molecule has 0 saturated carbocycles. The minimum atomic E-state index is -3.26. The molecule has 1 heterocycles. The molecule has 1 fully saturated rings. The van der Waals surface area contributed by atoms with E-state index in [1.807, 2.05) is 24.3 Å². The van der Waals surface area contributed by atoms with Crippen molar-refractivity contribution in [3.05, 3.63) is 35.4 Å². The first-order valence-electron chi connectivity index (χ1n) is 6.83. The number of hydrogen-bond acceptors (Lipinski definition) is 4. The van der Waals surface area contributed by atoms with Crippen molar-refractivity contribution in [2.24, 2.45) is 5.73 Å². The van der Waals surface area contributed by atoms with Crippen molar-refractivity contribution in [1.82, 2.24) is 4.31 Å². The molecule has 0 unspecified atom stereocenters. The predicted molar refractivity (Wildman–Crippen MR) is 78.6 cm³/mol. The molecular formula is C14H22N2O3S. The molecule has 6 heteroatoms. The van der Waals surface area contributed by atoms with E-state index < -0.39 is 10.0 Å². The summed E-state index contributed by atoms with van der Waals surface area (Å²) in [6.45, 7) is 1.50. The van der Waals surface area contributed by atoms with Crippen LogP contribution in [0.1, 0.15) is 24.0 Å². The van der Waals surface area contributed by atoms with Gasteiger partial charge in [0.2, 0.25) is 10.0 Å². The van der Waals surface area contributed by atoms with Gasteiger partial charge in [-0.25, -0.2) is 12.7 Å². The van der Waals surface area contributed by atoms with Crippen LogP contribution in [0.2, 0.25) is 0 Å². The quantitative estimate of drug-likeness (QED) is 0.883. The number of hydrogen-bond donors (Lipinski definition) is 1. The lowest BCUT2D eigenvalue weighted by Gasteiger charge is -2.30. The van der Waals surface area contributed by atoms with E-state index in [9.17, 15) is 8.42 Å². The lowest BCUT2D eigenvalue weighted by Crippen LogP contribution is -2.41. The average Bonchev–Trinajstić information content (AvgIpc) is 2.47. The maximum atomic E-state index is 12.4. The number of ether oxygens (including phenoxy) is 1. The molecule has 112 valence electrons. The van der Waals surface area contributed by atoms with E-state index in [-0.39, 0.29) is 11.9 Å². The van der Waals surface area contributed by atoms with E-state index in [1.54, 1.807) is 11.4 Å². The van der Waals surface area contributed by atoms with Crippen LogP contribution in [0.25, 0.3) is 0 Å². The van der Waals surface area contributed by atoms with Crippen LogP contribution in [-0.4, -0.2) is 39.0 Å². The lowest BCUT2D eigenvalue weighted by molar-refractivity contribution is 0.0604. The minimum absolute atomic E-state index is 0.0402. The molecule has 2 N–H and O–H groups in total. The summed E-state index contributed by atoms with van der Waals surface area (Å²) < 4.78 is 31.6. The van der Waals surface area contributed by atoms with E-state index >= 15 is 0 Å². The number of rotatable bonds is 5. The fourth-order valence-electron chi connectivity index (χ4n) is 2.49. The molecule has 0 aliphatic carbocycles. The molecule has 0 atom stereocenters. The van der Waals surface area contributed by atoms with Crippen LogP contribution in [0, 0.1) is 0 Å². The van der Waals surface area contributed by atoms with Gasteiger partial charge in [0.15, 0.2) is 0 Å². The summed E-state index contributed by atoms with van der Waals surface area (Å²) in [4.78, 5) is 0. The van der Waals surface area contributed by atoms with Crippen LogP contribution in [0.4, 0.5) is 0 Å². The summed E-state index contributed by atoms with van der Waals surface area (Å²) in [5.41, 5.74) is 7.33. The van der Waals surface area contributed by atoms with Gasteiger partial charge in [0.25, 0.3) is 0 Å². The third kappa shape index (κ3) is 3.79. The number of benzene rings is 1. The van der Waals surface area contributed by atoms with Gasteiger partial charge < -0.3 is 10.5 Å². The second-order valence-corrected chi connectivity index (χ2v) is 7.08. The lowest BCUT2D eigenvalue weighted by atomic mass is 10.1. The standard InChI is InChI=1S/C14H22N2O3S/c1-19-14-5-7-16(8-6-14)20(17,18)11-13-4-2-3-12(9-13)10-15/h2-4,9,14H,5-8,10-11,15H2,1H3. The first-order valence-corrected chi connectivity index (χ1v) is 8.44. The van der Waals surface area contributed by atoms with Gasteiger partial charge >= 0.3 is 0 Å². The Balaban J connectivity index is 2.03. The molecule has 1 aromatic carbocycles. The molecule has 0 bridgehead atoms. The number of sulfonamides is 1. The van der Waals surface area contributed by atoms with E-state index in [2.05, 4.69) is 0 Å². The summed E-state index contributed by atoms with van der Waals surface area (Å²) in [6, 6.07) is 7.45. The van der Waals surface area contributed by atoms with Crippen LogP contribution < -0.4 is 5.73 Å². The Bertz CT molecular complexity index is 537. The second kappa shape index (κ2) is 6.67. The second-order valence-electron chi connectivity index (χ2n) is 5.11. The first kappa shape index (κ1) is 15.4. The summed E-state index contributed by atoms with van der Waals surface area (Å²) in [5.74, 6) is 0.0402. The summed E-state index contributed by atoms with van der Waals surface area (Å²) >= 11 is 0. The van der Waals surface area contributed by atoms with Crippen molar-refractivity contribution >= 4 is 10.0 Å². The largest absolute Gasteiger partial charge is 0.381 e. The van der Waals surface area contributed by atoms with Crippen molar-refractivity contribution in [3.8, 4) is 0 Å². The van der Waals surface area contributed by atoms with Crippen molar-refractivity contribution in [1.29, 1.82) is 0 Å². The van der Waals surface area contributed by atoms with Gasteiger partial charge in [0.1, 0.15) is 0 Å². The van der Waals surface area contributed by atoms with Gasteiger partial charge in [-0.05, 0) is 24.0 Å². The van der Waals surface area contributed by atoms with Crippen LogP contribution in [0.5, 0.6) is 0 Å². The zero-order chi connectivity index (χ0) is 14.6. The van der Waals surface area contributed by atoms with E-state index in [0.29, 0.717) is 19.6 Å². The normalized spacial score (nSPS) is 18.3. The summed E-state index contributed by atoms with van der Waals surface area (Å²) in [6.07, 6.45) is 1.71. The highest BCUT2D eigenvalue weighted by atomic mass is 32.2. The van der Waals surface area contributed by atoms with Crippen LogP contribution in [0.3, 0.4) is 0 Å². The predicted octanol–water partition coefficient (Wildman–Crippen LogP) is 1.09. The number of methoxy groups -OCH3 is 1. The maximum absolute atomic E-state index is 12.4. The zero-order valence-corrected chi connectivity index (χ0v) is 12.6. The Morgan fingerprint density at radius 2 is 1.95 bits per heavy atom. The molecule has 2 rings (SSSR count). The molecule has 1 saturated heterocycles. The van der Waals surface area contributed by atoms with Crippen LogP contribution in [-0.2, 0) is 27.1 Å². The van der Waals surface area contributed by atoms with Crippen LogP contribution in [0.15, 0.2) is 24.3 Å². The smallest absolute Gasteiger partial charge is 0.218 e. The Morgan fingerprint density at radius 1 is 1.30 bits per heavy atom. The number of piperidine rings is 1. The zero-order valence-electron chi connectivity index (χ0n) is 11.8. The highest BCUT2D eigenvalue weighted by Gasteiger charge is 2.27. The highest BCUT2D eigenvalue weighted by Crippen LogP contribution is 2.19. The molecule has 0 aromatic heterocycles. The van der Waals surface area contributed by atoms with Gasteiger partial charge in [-0.2, -0.15) is 0 Å². The van der Waals surface area contributed by atoms with Gasteiger partial charge in [-0.3, -0.25) is 0 Å². The molecule has 0 spiro atoms. The molecule has 20 heavy (non-hydrogen) atoms. The number of nitrogens with two attached hydrogens (primary N) is 1. The average molecular weight is 298 g/mol. The van der Waals surface area contributed by atoms with Crippen LogP contribution >= 0.6 is 0 Å². The Morgan fingerprint density at radius 3 is 2.55 bits per heavy atom. The summed E-state index contributed by atoms with van der Waals surface area (Å²) in [7, 11) is -1.58. The number of nitrogens with zero attached hydrogens (tertiary/aromatic N) is 1. The topological polar surface area (TPSA) is 72.6 Å². The van der Waals surface area contributed by atoms with Crippen molar-refractivity contribution in [3.63, 3.8) is 0 Å². The van der Waals surface area contributed by atoms with Crippen molar-refractivity contribution in [2.45, 2.75) is 31.2 Å². The molecule has 0 amide bonds. The van der Waals surface area contributed by atoms with E-state index in [1.165, 1.54) is 0 Å². The highest BCUT2D eigenvalue weighted by molar-refractivity contribution is 7.88. The van der Waals surface area contributed by atoms with Crippen molar-refractivity contribution in [2.75, 3.05) is 20.2 Å². The Kier molecular flexibility index (Phi) is 5.15. The molecule has 1 aliphatic heterocycles. The van der Waals surface area contributed by atoms with Gasteiger partial charge in [0, 0.05) is 26.7 Å². The van der Waals surface area contributed by atoms with Gasteiger partial charge in [-0.15, -0.1) is 0 Å². The molecule has 5 nitrogen and oxygen atoms in total. The van der Waals surface area contributed by atoms with Gasteiger partial charge in [0.05, 0.1) is 11.9 Å². The molecule has 1 aromatic rings. The first-order chi connectivity index (χ1) is 9.55. The van der Waals surface area contributed by atoms with E-state index in [0.717, 1.165) is 24.0 Å². The summed E-state index contributed by atoms with van der Waals surface area (Å²) in [5, 5.41) is 0. The molecular weight excluding hydrogens is 276 g/mol. The van der Waals surface area contributed by atoms with Crippen molar-refractivity contribution < 1.29 is 13.2 Å². The monoisotopic (exact) mass is 298 g/mol. The van der Waals surface area contributed by atoms with E-state index in [4.69, 9.17) is 10.5 Å². The molecule has 1 aliphatic rings. The SMILES string of the molecule is COC1CCN(S(=O)(=O)Cc2cccc(CN)c2)CC1. The Hall–Kier alpha value is -0.950.